The van der Waals surface area contributed by atoms with Gasteiger partial charge in [-0.25, -0.2) is 4.68 Å². The standard InChI is InChI=1S/C22H24N4O/c27-21(15-23-13-17-11-12-17)24-14-19-16-26(20-9-5-2-6-10-20)25-22(19)18-7-3-1-4-8-18/h1-10,16-17,23H,11-15H2,(H,24,27). The predicted molar refractivity (Wildman–Crippen MR) is 106 cm³/mol. The van der Waals surface area contributed by atoms with Crippen molar-refractivity contribution in [2.45, 2.75) is 19.4 Å². The number of carbonyl (C=O) groups excluding carboxylic acids is 1. The molecule has 5 nitrogen and oxygen atoms in total. The van der Waals surface area contributed by atoms with Gasteiger partial charge in [-0.1, -0.05) is 48.5 Å². The van der Waals surface area contributed by atoms with E-state index in [9.17, 15) is 4.79 Å². The van der Waals surface area contributed by atoms with Gasteiger partial charge in [-0.2, -0.15) is 5.10 Å². The molecule has 0 saturated heterocycles. The number of amides is 1. The highest BCUT2D eigenvalue weighted by molar-refractivity contribution is 5.78. The van der Waals surface area contributed by atoms with Gasteiger partial charge in [0, 0.05) is 23.9 Å². The van der Waals surface area contributed by atoms with Crippen LogP contribution in [-0.2, 0) is 11.3 Å². The smallest absolute Gasteiger partial charge is 0.234 e. The van der Waals surface area contributed by atoms with Gasteiger partial charge in [0.2, 0.25) is 5.91 Å². The van der Waals surface area contributed by atoms with Crippen LogP contribution < -0.4 is 10.6 Å². The number of benzene rings is 2. The van der Waals surface area contributed by atoms with Gasteiger partial charge in [0.1, 0.15) is 0 Å². The van der Waals surface area contributed by atoms with E-state index < -0.39 is 0 Å². The molecule has 1 saturated carbocycles. The van der Waals surface area contributed by atoms with E-state index in [0.29, 0.717) is 13.1 Å². The molecule has 0 unspecified atom stereocenters. The Bertz CT molecular complexity index is 885. The van der Waals surface area contributed by atoms with Crippen LogP contribution in [0.2, 0.25) is 0 Å². The van der Waals surface area contributed by atoms with Gasteiger partial charge >= 0.3 is 0 Å². The zero-order valence-electron chi connectivity index (χ0n) is 15.3. The fraction of sp³-hybridized carbons (Fsp3) is 0.273. The largest absolute Gasteiger partial charge is 0.351 e. The first-order valence-corrected chi connectivity index (χ1v) is 9.46. The molecule has 2 aromatic carbocycles. The summed E-state index contributed by atoms with van der Waals surface area (Å²) >= 11 is 0. The monoisotopic (exact) mass is 360 g/mol. The van der Waals surface area contributed by atoms with Crippen molar-refractivity contribution in [2.24, 2.45) is 5.92 Å². The molecule has 1 aromatic heterocycles. The molecule has 0 aliphatic heterocycles. The average Bonchev–Trinajstić information content (AvgIpc) is 3.44. The highest BCUT2D eigenvalue weighted by Gasteiger charge is 2.20. The first-order chi connectivity index (χ1) is 13.3. The minimum absolute atomic E-state index is 0.0159. The minimum atomic E-state index is 0.0159. The summed E-state index contributed by atoms with van der Waals surface area (Å²) in [7, 11) is 0. The Morgan fingerprint density at radius 1 is 1.04 bits per heavy atom. The van der Waals surface area contributed by atoms with Gasteiger partial charge in [-0.05, 0) is 37.4 Å². The number of aromatic nitrogens is 2. The van der Waals surface area contributed by atoms with Crippen molar-refractivity contribution in [2.75, 3.05) is 13.1 Å². The molecule has 0 bridgehead atoms. The zero-order valence-corrected chi connectivity index (χ0v) is 15.3. The predicted octanol–water partition coefficient (Wildman–Crippen LogP) is 3.16. The SMILES string of the molecule is O=C(CNCC1CC1)NCc1cn(-c2ccccc2)nc1-c1ccccc1. The second kappa shape index (κ2) is 8.18. The lowest BCUT2D eigenvalue weighted by atomic mass is 10.1. The Balaban J connectivity index is 1.49. The van der Waals surface area contributed by atoms with Crippen LogP contribution in [0, 0.1) is 5.92 Å². The van der Waals surface area contributed by atoms with Crippen molar-refractivity contribution in [3.05, 3.63) is 72.4 Å². The van der Waals surface area contributed by atoms with Crippen LogP contribution in [0.3, 0.4) is 0 Å². The number of hydrogen-bond donors (Lipinski definition) is 2. The van der Waals surface area contributed by atoms with Gasteiger partial charge in [0.15, 0.2) is 0 Å². The molecule has 0 spiro atoms. The summed E-state index contributed by atoms with van der Waals surface area (Å²) in [6, 6.07) is 20.1. The number of nitrogens with one attached hydrogen (secondary N) is 2. The number of rotatable bonds is 8. The van der Waals surface area contributed by atoms with Crippen LogP contribution >= 0.6 is 0 Å². The van der Waals surface area contributed by atoms with Crippen molar-refractivity contribution in [3.8, 4) is 16.9 Å². The van der Waals surface area contributed by atoms with E-state index in [-0.39, 0.29) is 5.91 Å². The highest BCUT2D eigenvalue weighted by Crippen LogP contribution is 2.27. The summed E-state index contributed by atoms with van der Waals surface area (Å²) in [5.74, 6) is 0.786. The van der Waals surface area contributed by atoms with Gasteiger partial charge in [0.05, 0.1) is 17.9 Å². The molecule has 3 aromatic rings. The van der Waals surface area contributed by atoms with Gasteiger partial charge in [0.25, 0.3) is 0 Å². The molecular weight excluding hydrogens is 336 g/mol. The number of nitrogens with zero attached hydrogens (tertiary/aromatic N) is 2. The second-order valence-corrected chi connectivity index (χ2v) is 7.00. The molecule has 1 aliphatic rings. The normalized spacial score (nSPS) is 13.5. The van der Waals surface area contributed by atoms with Crippen molar-refractivity contribution in [1.29, 1.82) is 0 Å². The van der Waals surface area contributed by atoms with Gasteiger partial charge in [-0.3, -0.25) is 4.79 Å². The number of para-hydroxylation sites is 1. The van der Waals surface area contributed by atoms with Crippen LogP contribution in [0.5, 0.6) is 0 Å². The Kier molecular flexibility index (Phi) is 5.30. The maximum Gasteiger partial charge on any atom is 0.234 e. The van der Waals surface area contributed by atoms with Crippen LogP contribution in [0.15, 0.2) is 66.9 Å². The first-order valence-electron chi connectivity index (χ1n) is 9.46. The topological polar surface area (TPSA) is 59.0 Å². The molecule has 1 heterocycles. The van der Waals surface area contributed by atoms with Gasteiger partial charge in [-0.15, -0.1) is 0 Å². The Morgan fingerprint density at radius 2 is 1.74 bits per heavy atom. The minimum Gasteiger partial charge on any atom is -0.351 e. The Morgan fingerprint density at radius 3 is 2.44 bits per heavy atom. The average molecular weight is 360 g/mol. The van der Waals surface area contributed by atoms with E-state index in [1.54, 1.807) is 0 Å². The molecule has 0 atom stereocenters. The summed E-state index contributed by atoms with van der Waals surface area (Å²) in [6.45, 7) is 1.76. The lowest BCUT2D eigenvalue weighted by Crippen LogP contribution is -2.34. The summed E-state index contributed by atoms with van der Waals surface area (Å²) in [4.78, 5) is 12.1. The molecule has 4 rings (SSSR count). The Labute approximate surface area is 159 Å². The van der Waals surface area contributed by atoms with Crippen LogP contribution in [0.25, 0.3) is 16.9 Å². The molecule has 1 fully saturated rings. The summed E-state index contributed by atoms with van der Waals surface area (Å²) < 4.78 is 1.87. The summed E-state index contributed by atoms with van der Waals surface area (Å²) in [5, 5.41) is 11.0. The molecule has 0 radical (unpaired) electrons. The summed E-state index contributed by atoms with van der Waals surface area (Å²) in [6.07, 6.45) is 4.57. The van der Waals surface area contributed by atoms with Crippen LogP contribution in [-0.4, -0.2) is 28.8 Å². The van der Waals surface area contributed by atoms with E-state index in [0.717, 1.165) is 35.0 Å². The number of carbonyl (C=O) groups is 1. The number of hydrogen-bond acceptors (Lipinski definition) is 3. The third-order valence-electron chi connectivity index (χ3n) is 4.75. The quantitative estimate of drug-likeness (QED) is 0.649. The lowest BCUT2D eigenvalue weighted by molar-refractivity contribution is -0.120. The summed E-state index contributed by atoms with van der Waals surface area (Å²) in [5.41, 5.74) is 3.94. The molecular formula is C22H24N4O. The van der Waals surface area contributed by atoms with Crippen LogP contribution in [0.4, 0.5) is 0 Å². The van der Waals surface area contributed by atoms with Crippen molar-refractivity contribution >= 4 is 5.91 Å². The molecule has 27 heavy (non-hydrogen) atoms. The van der Waals surface area contributed by atoms with Crippen LogP contribution in [0.1, 0.15) is 18.4 Å². The fourth-order valence-corrected chi connectivity index (χ4v) is 3.06. The second-order valence-electron chi connectivity index (χ2n) is 7.00. The maximum atomic E-state index is 12.1. The van der Waals surface area contributed by atoms with E-state index in [4.69, 9.17) is 5.10 Å². The fourth-order valence-electron chi connectivity index (χ4n) is 3.06. The highest BCUT2D eigenvalue weighted by atomic mass is 16.1. The maximum absolute atomic E-state index is 12.1. The third-order valence-corrected chi connectivity index (χ3v) is 4.75. The molecule has 138 valence electrons. The third kappa shape index (κ3) is 4.63. The van der Waals surface area contributed by atoms with Gasteiger partial charge < -0.3 is 10.6 Å². The van der Waals surface area contributed by atoms with Crippen molar-refractivity contribution in [3.63, 3.8) is 0 Å². The molecule has 5 heteroatoms. The van der Waals surface area contributed by atoms with Crippen molar-refractivity contribution < 1.29 is 4.79 Å². The van der Waals surface area contributed by atoms with Crippen molar-refractivity contribution in [1.82, 2.24) is 20.4 Å². The lowest BCUT2D eigenvalue weighted by Gasteiger charge is -2.06. The van der Waals surface area contributed by atoms with E-state index >= 15 is 0 Å². The molecule has 2 N–H and O–H groups in total. The molecule has 1 aliphatic carbocycles. The van der Waals surface area contributed by atoms with E-state index in [1.165, 1.54) is 12.8 Å². The molecule has 1 amide bonds. The zero-order chi connectivity index (χ0) is 18.5. The van der Waals surface area contributed by atoms with E-state index in [2.05, 4.69) is 10.6 Å². The first kappa shape index (κ1) is 17.5. The van der Waals surface area contributed by atoms with E-state index in [1.807, 2.05) is 71.5 Å². The Hall–Kier alpha value is -2.92.